The first-order valence-electron chi connectivity index (χ1n) is 10.0. The van der Waals surface area contributed by atoms with Crippen molar-refractivity contribution in [1.82, 2.24) is 0 Å². The van der Waals surface area contributed by atoms with E-state index in [1.807, 2.05) is 0 Å². The number of aromatic carboxylic acids is 4. The van der Waals surface area contributed by atoms with E-state index < -0.39 is 118 Å². The minimum Gasteiger partial charge on any atom is -0.478 e. The molecule has 44 heavy (non-hydrogen) atoms. The lowest BCUT2D eigenvalue weighted by Crippen LogP contribution is -2.26. The smallest absolute Gasteiger partial charge is 0.478 e. The molecule has 242 valence electrons. The second-order valence-electron chi connectivity index (χ2n) is 7.41. The Hall–Kier alpha value is -5.32. The van der Waals surface area contributed by atoms with Crippen molar-refractivity contribution in [2.45, 2.75) is 25.4 Å². The maximum absolute atomic E-state index is 13.4. The van der Waals surface area contributed by atoms with Crippen LogP contribution in [0.15, 0.2) is 12.1 Å². The first-order chi connectivity index (χ1) is 19.6. The molecular formula is C20H6F12O12. The van der Waals surface area contributed by atoms with Crippen LogP contribution < -0.4 is 18.9 Å². The maximum atomic E-state index is 13.4. The zero-order chi connectivity index (χ0) is 34.3. The highest BCUT2D eigenvalue weighted by Gasteiger charge is 2.46. The number of carboxylic acids is 4. The maximum Gasteiger partial charge on any atom is 0.573 e. The molecule has 0 saturated heterocycles. The first-order valence-corrected chi connectivity index (χ1v) is 10.0. The van der Waals surface area contributed by atoms with E-state index in [9.17, 15) is 92.3 Å². The van der Waals surface area contributed by atoms with Crippen LogP contribution in [-0.2, 0) is 0 Å². The summed E-state index contributed by atoms with van der Waals surface area (Å²) in [5.74, 6) is -21.9. The molecule has 2 rings (SSSR count). The summed E-state index contributed by atoms with van der Waals surface area (Å²) in [4.78, 5) is 46.7. The lowest BCUT2D eigenvalue weighted by atomic mass is 9.91. The molecule has 0 amide bonds. The molecule has 0 fully saturated rings. The third-order valence-electron chi connectivity index (χ3n) is 4.52. The summed E-state index contributed by atoms with van der Waals surface area (Å²) < 4.78 is 173. The summed E-state index contributed by atoms with van der Waals surface area (Å²) in [6, 6.07) is -1.28. The third kappa shape index (κ3) is 8.37. The van der Waals surface area contributed by atoms with Crippen LogP contribution in [0.2, 0.25) is 0 Å². The molecule has 12 nitrogen and oxygen atoms in total. The lowest BCUT2D eigenvalue weighted by molar-refractivity contribution is -0.279. The van der Waals surface area contributed by atoms with Gasteiger partial charge < -0.3 is 39.4 Å². The highest BCUT2D eigenvalue weighted by molar-refractivity contribution is 6.10. The highest BCUT2D eigenvalue weighted by atomic mass is 19.4. The molecule has 0 aromatic heterocycles. The second-order valence-corrected chi connectivity index (χ2v) is 7.41. The Bertz CT molecular complexity index is 1410. The number of hydrogen-bond donors (Lipinski definition) is 4. The van der Waals surface area contributed by atoms with Gasteiger partial charge in [0, 0.05) is 0 Å². The van der Waals surface area contributed by atoms with Gasteiger partial charge in [0.05, 0.1) is 22.3 Å². The molecule has 0 aliphatic rings. The molecule has 0 atom stereocenters. The standard InChI is InChI=1S/C20H6F12O12/c21-17(22,23)41-5-1-3(13(33)34)7(15(37)38)11(43-19(27,28)29)9(5)10-6(42-18(24,25)26)2-4(14(35)36)8(16(39)40)12(10)44-20(30,31)32/h1-2H,(H,33,34)(H,35,36)(H,37,38)(H,39,40). The zero-order valence-electron chi connectivity index (χ0n) is 19.7. The van der Waals surface area contributed by atoms with Crippen molar-refractivity contribution < 1.29 is 111 Å². The van der Waals surface area contributed by atoms with E-state index in [2.05, 4.69) is 18.9 Å². The number of alkyl halides is 12. The average molecular weight is 666 g/mol. The summed E-state index contributed by atoms with van der Waals surface area (Å²) in [6.07, 6.45) is -25.1. The van der Waals surface area contributed by atoms with E-state index >= 15 is 0 Å². The number of halogens is 12. The molecule has 0 radical (unpaired) electrons. The Balaban J connectivity index is 3.59. The van der Waals surface area contributed by atoms with Crippen molar-refractivity contribution in [1.29, 1.82) is 0 Å². The van der Waals surface area contributed by atoms with Gasteiger partial charge >= 0.3 is 49.3 Å². The van der Waals surface area contributed by atoms with Gasteiger partial charge in [-0.1, -0.05) is 0 Å². The number of rotatable bonds is 9. The highest BCUT2D eigenvalue weighted by Crippen LogP contribution is 2.55. The van der Waals surface area contributed by atoms with Gasteiger partial charge in [0.15, 0.2) is 11.5 Å². The van der Waals surface area contributed by atoms with E-state index in [1.54, 1.807) is 0 Å². The van der Waals surface area contributed by atoms with Gasteiger partial charge in [0.2, 0.25) is 0 Å². The van der Waals surface area contributed by atoms with Crippen LogP contribution in [0, 0.1) is 0 Å². The van der Waals surface area contributed by atoms with Crippen molar-refractivity contribution in [3.05, 3.63) is 34.4 Å². The summed E-state index contributed by atoms with van der Waals surface area (Å²) in [5, 5.41) is 37.2. The molecule has 2 aromatic rings. The Morgan fingerprint density at radius 1 is 0.455 bits per heavy atom. The van der Waals surface area contributed by atoms with Crippen LogP contribution in [0.25, 0.3) is 11.1 Å². The van der Waals surface area contributed by atoms with Gasteiger partial charge in [0.25, 0.3) is 0 Å². The van der Waals surface area contributed by atoms with E-state index in [1.165, 1.54) is 0 Å². The number of benzene rings is 2. The largest absolute Gasteiger partial charge is 0.573 e. The quantitative estimate of drug-likeness (QED) is 0.238. The van der Waals surface area contributed by atoms with Gasteiger partial charge in [-0.05, 0) is 12.1 Å². The van der Waals surface area contributed by atoms with Crippen molar-refractivity contribution >= 4 is 23.9 Å². The average Bonchev–Trinajstić information content (AvgIpc) is 2.74. The number of carboxylic acid groups (broad SMARTS) is 4. The summed E-state index contributed by atoms with van der Waals surface area (Å²) >= 11 is 0. The van der Waals surface area contributed by atoms with Crippen molar-refractivity contribution in [2.24, 2.45) is 0 Å². The fourth-order valence-electron chi connectivity index (χ4n) is 3.35. The summed E-state index contributed by atoms with van der Waals surface area (Å²) in [5.41, 5.74) is -14.3. The van der Waals surface area contributed by atoms with Crippen LogP contribution >= 0.6 is 0 Å². The fraction of sp³-hybridized carbons (Fsp3) is 0.200. The number of ether oxygens (including phenoxy) is 4. The Kier molecular flexibility index (Phi) is 9.04. The van der Waals surface area contributed by atoms with E-state index in [0.29, 0.717) is 0 Å². The predicted octanol–water partition coefficient (Wildman–Crippen LogP) is 5.74. The topological polar surface area (TPSA) is 186 Å². The molecule has 0 heterocycles. The van der Waals surface area contributed by atoms with E-state index in [-0.39, 0.29) is 0 Å². The molecule has 0 saturated carbocycles. The van der Waals surface area contributed by atoms with Gasteiger partial charge in [0.1, 0.15) is 22.6 Å². The Labute approximate surface area is 230 Å². The zero-order valence-corrected chi connectivity index (χ0v) is 19.7. The lowest BCUT2D eigenvalue weighted by Gasteiger charge is -2.25. The molecule has 0 bridgehead atoms. The van der Waals surface area contributed by atoms with E-state index in [4.69, 9.17) is 0 Å². The van der Waals surface area contributed by atoms with Gasteiger partial charge in [-0.3, -0.25) is 0 Å². The molecule has 0 aliphatic carbocycles. The Morgan fingerprint density at radius 3 is 0.886 bits per heavy atom. The summed E-state index contributed by atoms with van der Waals surface area (Å²) in [7, 11) is 0. The molecule has 0 aliphatic heterocycles. The first kappa shape index (κ1) is 34.9. The van der Waals surface area contributed by atoms with Gasteiger partial charge in [-0.25, -0.2) is 19.2 Å². The minimum absolute atomic E-state index is 0.641. The third-order valence-corrected chi connectivity index (χ3v) is 4.52. The minimum atomic E-state index is -6.35. The Morgan fingerprint density at radius 2 is 0.705 bits per heavy atom. The molecule has 2 aromatic carbocycles. The van der Waals surface area contributed by atoms with E-state index in [0.717, 1.165) is 0 Å². The molecule has 0 spiro atoms. The predicted molar refractivity (Wildman–Crippen MR) is 106 cm³/mol. The number of hydrogen-bond acceptors (Lipinski definition) is 8. The molecular weight excluding hydrogens is 660 g/mol. The van der Waals surface area contributed by atoms with Crippen molar-refractivity contribution in [2.75, 3.05) is 0 Å². The van der Waals surface area contributed by atoms with Gasteiger partial charge in [-0.2, -0.15) is 0 Å². The van der Waals surface area contributed by atoms with Crippen LogP contribution in [0.5, 0.6) is 23.0 Å². The van der Waals surface area contributed by atoms with Crippen molar-refractivity contribution in [3.63, 3.8) is 0 Å². The molecule has 4 N–H and O–H groups in total. The van der Waals surface area contributed by atoms with Crippen molar-refractivity contribution in [3.8, 4) is 34.1 Å². The van der Waals surface area contributed by atoms with Crippen LogP contribution in [-0.4, -0.2) is 69.8 Å². The van der Waals surface area contributed by atoms with Crippen LogP contribution in [0.3, 0.4) is 0 Å². The molecule has 24 heteroatoms. The fourth-order valence-corrected chi connectivity index (χ4v) is 3.35. The summed E-state index contributed by atoms with van der Waals surface area (Å²) in [6.45, 7) is 0. The monoisotopic (exact) mass is 666 g/mol. The normalized spacial score (nSPS) is 12.4. The number of carbonyl (C=O) groups is 4. The van der Waals surface area contributed by atoms with Crippen LogP contribution in [0.1, 0.15) is 41.4 Å². The van der Waals surface area contributed by atoms with Gasteiger partial charge in [-0.15, -0.1) is 52.7 Å². The van der Waals surface area contributed by atoms with Crippen LogP contribution in [0.4, 0.5) is 52.7 Å². The molecule has 0 unspecified atom stereocenters. The SMILES string of the molecule is O=C(O)c1cc(OC(F)(F)F)c(-c2c(OC(F)(F)F)cc(C(=O)O)c(C(=O)O)c2OC(F)(F)F)c(OC(F)(F)F)c1C(=O)O. The second kappa shape index (κ2) is 11.4.